The zero-order valence-electron chi connectivity index (χ0n) is 20.4. The molecule has 0 radical (unpaired) electrons. The number of amides is 2. The number of alkyl halides is 2. The first-order valence-electron chi connectivity index (χ1n) is 12.4. The second-order valence-electron chi connectivity index (χ2n) is 10.1. The summed E-state index contributed by atoms with van der Waals surface area (Å²) < 4.78 is 38.0. The van der Waals surface area contributed by atoms with Gasteiger partial charge in [-0.2, -0.15) is 4.98 Å². The van der Waals surface area contributed by atoms with E-state index in [9.17, 15) is 18.7 Å². The maximum Gasteiger partial charge on any atom is 0.321 e. The molecule has 0 atom stereocenters. The molecule has 2 aliphatic heterocycles. The molecule has 5 rings (SSSR count). The van der Waals surface area contributed by atoms with Gasteiger partial charge in [-0.15, -0.1) is 0 Å². The molecule has 0 unspecified atom stereocenters. The van der Waals surface area contributed by atoms with Crippen LogP contribution in [-0.2, 0) is 4.74 Å². The predicted octanol–water partition coefficient (Wildman–Crippen LogP) is 3.92. The van der Waals surface area contributed by atoms with Gasteiger partial charge < -0.3 is 29.7 Å². The number of hydrogen-bond donors (Lipinski definition) is 2. The Morgan fingerprint density at radius 3 is 2.69 bits per heavy atom. The molecule has 1 spiro atoms. The SMILES string of the molecule is Cc1ccc(NC(=O)N2CCC3(C2)CC(F)(F)C3)cc1-c1cc(OCCO)nc(N2CCOCC2)c1. The van der Waals surface area contributed by atoms with Crippen LogP contribution in [0.5, 0.6) is 5.88 Å². The molecule has 2 saturated heterocycles. The van der Waals surface area contributed by atoms with Gasteiger partial charge in [0.2, 0.25) is 11.8 Å². The Balaban J connectivity index is 1.35. The lowest BCUT2D eigenvalue weighted by Crippen LogP contribution is -2.48. The van der Waals surface area contributed by atoms with Crippen molar-refractivity contribution in [1.82, 2.24) is 9.88 Å². The zero-order chi connectivity index (χ0) is 25.3. The second-order valence-corrected chi connectivity index (χ2v) is 10.1. The number of nitrogens with zero attached hydrogens (tertiary/aromatic N) is 3. The third-order valence-electron chi connectivity index (χ3n) is 7.26. The summed E-state index contributed by atoms with van der Waals surface area (Å²) in [5.41, 5.74) is 3.00. The van der Waals surface area contributed by atoms with E-state index in [2.05, 4.69) is 15.2 Å². The largest absolute Gasteiger partial charge is 0.475 e. The van der Waals surface area contributed by atoms with Crippen LogP contribution in [0.1, 0.15) is 24.8 Å². The van der Waals surface area contributed by atoms with Crippen LogP contribution in [0.15, 0.2) is 30.3 Å². The first kappa shape index (κ1) is 24.7. The van der Waals surface area contributed by atoms with Crippen molar-refractivity contribution in [2.45, 2.75) is 32.1 Å². The molecule has 3 fully saturated rings. The van der Waals surface area contributed by atoms with Crippen molar-refractivity contribution < 1.29 is 28.2 Å². The fraction of sp³-hybridized carbons (Fsp3) is 0.538. The molecule has 2 amide bonds. The van der Waals surface area contributed by atoms with Gasteiger partial charge in [0.15, 0.2) is 0 Å². The van der Waals surface area contributed by atoms with Crippen molar-refractivity contribution in [1.29, 1.82) is 0 Å². The molecule has 1 aliphatic carbocycles. The van der Waals surface area contributed by atoms with Crippen LogP contribution >= 0.6 is 0 Å². The maximum atomic E-state index is 13.4. The number of urea groups is 1. The smallest absolute Gasteiger partial charge is 0.321 e. The summed E-state index contributed by atoms with van der Waals surface area (Å²) in [5.74, 6) is -1.42. The van der Waals surface area contributed by atoms with Crippen LogP contribution in [0.2, 0.25) is 0 Å². The normalized spacial score (nSPS) is 20.3. The van der Waals surface area contributed by atoms with E-state index in [1.807, 2.05) is 37.3 Å². The Kier molecular flexibility index (Phi) is 6.74. The van der Waals surface area contributed by atoms with Crippen LogP contribution in [0.3, 0.4) is 0 Å². The number of rotatable bonds is 6. The van der Waals surface area contributed by atoms with Crippen molar-refractivity contribution in [3.63, 3.8) is 0 Å². The number of aliphatic hydroxyl groups excluding tert-OH is 1. The Bertz CT molecular complexity index is 1120. The Labute approximate surface area is 209 Å². The van der Waals surface area contributed by atoms with E-state index in [0.29, 0.717) is 57.4 Å². The molecule has 36 heavy (non-hydrogen) atoms. The average molecular weight is 503 g/mol. The minimum Gasteiger partial charge on any atom is -0.475 e. The van der Waals surface area contributed by atoms with Crippen molar-refractivity contribution in [2.24, 2.45) is 5.41 Å². The van der Waals surface area contributed by atoms with Gasteiger partial charge in [0.25, 0.3) is 0 Å². The Hall–Kier alpha value is -2.98. The van der Waals surface area contributed by atoms with Gasteiger partial charge in [-0.25, -0.2) is 13.6 Å². The predicted molar refractivity (Wildman–Crippen MR) is 132 cm³/mol. The minimum atomic E-state index is -2.59. The lowest BCUT2D eigenvalue weighted by Gasteiger charge is -2.44. The standard InChI is InChI=1S/C26H32F2N4O4/c1-18-2-3-20(29-24(34)32-5-4-25(17-32)15-26(27,28)16-25)14-21(18)19-12-22(31-6-9-35-10-7-31)30-23(13-19)36-11-8-33/h2-3,12-14,33H,4-11,15-17H2,1H3,(H,29,34). The quantitative estimate of drug-likeness (QED) is 0.623. The summed E-state index contributed by atoms with van der Waals surface area (Å²) >= 11 is 0. The van der Waals surface area contributed by atoms with Crippen molar-refractivity contribution in [3.8, 4) is 17.0 Å². The highest BCUT2D eigenvalue weighted by molar-refractivity contribution is 5.91. The number of benzene rings is 1. The van der Waals surface area contributed by atoms with E-state index < -0.39 is 11.3 Å². The van der Waals surface area contributed by atoms with Crippen LogP contribution in [0.25, 0.3) is 11.1 Å². The fourth-order valence-electron chi connectivity index (χ4n) is 5.48. The summed E-state index contributed by atoms with van der Waals surface area (Å²) in [5, 5.41) is 12.2. The number of anilines is 2. The van der Waals surface area contributed by atoms with Crippen LogP contribution in [-0.4, -0.2) is 79.6 Å². The Morgan fingerprint density at radius 2 is 1.97 bits per heavy atom. The van der Waals surface area contributed by atoms with Gasteiger partial charge in [0.05, 0.1) is 19.8 Å². The molecule has 1 aromatic carbocycles. The van der Waals surface area contributed by atoms with E-state index in [1.54, 1.807) is 4.90 Å². The van der Waals surface area contributed by atoms with Gasteiger partial charge in [-0.3, -0.25) is 0 Å². The number of ether oxygens (including phenoxy) is 2. The lowest BCUT2D eigenvalue weighted by atomic mass is 9.65. The monoisotopic (exact) mass is 502 g/mol. The molecule has 2 aromatic rings. The molecule has 2 N–H and O–H groups in total. The number of halogens is 2. The van der Waals surface area contributed by atoms with Gasteiger partial charge in [-0.05, 0) is 48.2 Å². The summed E-state index contributed by atoms with van der Waals surface area (Å²) in [7, 11) is 0. The number of aliphatic hydroxyl groups is 1. The first-order valence-corrected chi connectivity index (χ1v) is 12.4. The number of aryl methyl sites for hydroxylation is 1. The van der Waals surface area contributed by atoms with Crippen molar-refractivity contribution in [3.05, 3.63) is 35.9 Å². The highest BCUT2D eigenvalue weighted by atomic mass is 19.3. The molecule has 0 bridgehead atoms. The molecule has 8 nitrogen and oxygen atoms in total. The van der Waals surface area contributed by atoms with Gasteiger partial charge in [-0.1, -0.05) is 6.07 Å². The van der Waals surface area contributed by atoms with Gasteiger partial charge in [0, 0.05) is 56.2 Å². The van der Waals surface area contributed by atoms with Crippen LogP contribution in [0, 0.1) is 12.3 Å². The van der Waals surface area contributed by atoms with E-state index in [-0.39, 0.29) is 32.1 Å². The number of aromatic nitrogens is 1. The number of morpholine rings is 1. The molecule has 1 aromatic heterocycles. The third kappa shape index (κ3) is 5.24. The molecule has 194 valence electrons. The lowest BCUT2D eigenvalue weighted by molar-refractivity contribution is -0.154. The highest BCUT2D eigenvalue weighted by Gasteiger charge is 2.59. The molecule has 3 heterocycles. The molecular formula is C26H32F2N4O4. The van der Waals surface area contributed by atoms with Crippen molar-refractivity contribution in [2.75, 3.05) is 62.8 Å². The molecular weight excluding hydrogens is 470 g/mol. The zero-order valence-corrected chi connectivity index (χ0v) is 20.4. The fourth-order valence-corrected chi connectivity index (χ4v) is 5.48. The van der Waals surface area contributed by atoms with Crippen molar-refractivity contribution >= 4 is 17.5 Å². The minimum absolute atomic E-state index is 0.116. The number of pyridine rings is 1. The number of carbonyl (C=O) groups is 1. The highest BCUT2D eigenvalue weighted by Crippen LogP contribution is 2.56. The number of likely N-dealkylation sites (tertiary alicyclic amines) is 1. The summed E-state index contributed by atoms with van der Waals surface area (Å²) in [6, 6.07) is 9.23. The van der Waals surface area contributed by atoms with E-state index in [1.165, 1.54) is 0 Å². The molecule has 1 saturated carbocycles. The summed E-state index contributed by atoms with van der Waals surface area (Å²) in [6.07, 6.45) is 0.354. The van der Waals surface area contributed by atoms with Gasteiger partial charge >= 0.3 is 6.03 Å². The maximum absolute atomic E-state index is 13.4. The summed E-state index contributed by atoms with van der Waals surface area (Å²) in [6.45, 7) is 5.54. The number of hydrogen-bond acceptors (Lipinski definition) is 6. The Morgan fingerprint density at radius 1 is 1.19 bits per heavy atom. The van der Waals surface area contributed by atoms with Gasteiger partial charge in [0.1, 0.15) is 12.4 Å². The van der Waals surface area contributed by atoms with Crippen LogP contribution in [0.4, 0.5) is 25.1 Å². The molecule has 3 aliphatic rings. The van der Waals surface area contributed by atoms with E-state index >= 15 is 0 Å². The topological polar surface area (TPSA) is 87.2 Å². The van der Waals surface area contributed by atoms with E-state index in [0.717, 1.165) is 22.5 Å². The average Bonchev–Trinajstić information content (AvgIpc) is 3.28. The summed E-state index contributed by atoms with van der Waals surface area (Å²) in [4.78, 5) is 21.3. The van der Waals surface area contributed by atoms with E-state index in [4.69, 9.17) is 9.47 Å². The van der Waals surface area contributed by atoms with Crippen LogP contribution < -0.4 is 15.0 Å². The second kappa shape index (κ2) is 9.82. The number of carbonyl (C=O) groups excluding carboxylic acids is 1. The molecule has 10 heteroatoms. The number of nitrogens with one attached hydrogen (secondary N) is 1. The third-order valence-corrected chi connectivity index (χ3v) is 7.26. The first-order chi connectivity index (χ1) is 17.3.